The summed E-state index contributed by atoms with van der Waals surface area (Å²) in [6.45, 7) is 2.78. The highest BCUT2D eigenvalue weighted by molar-refractivity contribution is 5.96. The molecule has 0 fully saturated rings. The van der Waals surface area contributed by atoms with E-state index >= 15 is 0 Å². The van der Waals surface area contributed by atoms with Crippen molar-refractivity contribution in [1.29, 1.82) is 0 Å². The van der Waals surface area contributed by atoms with E-state index in [0.29, 0.717) is 13.0 Å². The van der Waals surface area contributed by atoms with E-state index in [0.717, 1.165) is 35.4 Å². The highest BCUT2D eigenvalue weighted by atomic mass is 16.5. The minimum atomic E-state index is 0.178. The summed E-state index contributed by atoms with van der Waals surface area (Å²) in [6.07, 6.45) is 5.93. The molecular weight excluding hydrogens is 276 g/mol. The molecule has 3 rings (SSSR count). The van der Waals surface area contributed by atoms with Gasteiger partial charge < -0.3 is 9.64 Å². The number of hydrogen-bond acceptors (Lipinski definition) is 3. The van der Waals surface area contributed by atoms with Crippen LogP contribution in [0.15, 0.2) is 36.7 Å². The molecule has 0 radical (unpaired) electrons. The first-order valence-electron chi connectivity index (χ1n) is 7.66. The van der Waals surface area contributed by atoms with E-state index in [1.54, 1.807) is 11.1 Å². The van der Waals surface area contributed by atoms with Crippen molar-refractivity contribution in [2.45, 2.75) is 26.2 Å². The SMILES string of the molecule is CCCOc1cncc(-c2ccc3c(c2)CCC(=O)N3C)c1. The first-order chi connectivity index (χ1) is 10.7. The van der Waals surface area contributed by atoms with E-state index < -0.39 is 0 Å². The number of rotatable bonds is 4. The van der Waals surface area contributed by atoms with Gasteiger partial charge in [0.15, 0.2) is 0 Å². The topological polar surface area (TPSA) is 42.4 Å². The van der Waals surface area contributed by atoms with Crippen LogP contribution in [-0.4, -0.2) is 24.5 Å². The smallest absolute Gasteiger partial charge is 0.227 e. The van der Waals surface area contributed by atoms with E-state index in [4.69, 9.17) is 4.74 Å². The molecule has 0 saturated carbocycles. The van der Waals surface area contributed by atoms with Crippen LogP contribution in [-0.2, 0) is 11.2 Å². The average molecular weight is 296 g/mol. The van der Waals surface area contributed by atoms with Crippen LogP contribution in [0.1, 0.15) is 25.3 Å². The highest BCUT2D eigenvalue weighted by Crippen LogP contribution is 2.32. The number of hydrogen-bond donors (Lipinski definition) is 0. The molecule has 2 aromatic rings. The fraction of sp³-hybridized carbons (Fsp3) is 0.333. The Hall–Kier alpha value is -2.36. The number of benzene rings is 1. The molecule has 0 N–H and O–H groups in total. The zero-order valence-corrected chi connectivity index (χ0v) is 13.0. The maximum Gasteiger partial charge on any atom is 0.227 e. The zero-order valence-electron chi connectivity index (χ0n) is 13.0. The lowest BCUT2D eigenvalue weighted by Crippen LogP contribution is -2.30. The molecular formula is C18H20N2O2. The average Bonchev–Trinajstić information content (AvgIpc) is 2.56. The summed E-state index contributed by atoms with van der Waals surface area (Å²) in [4.78, 5) is 17.8. The maximum absolute atomic E-state index is 11.8. The summed E-state index contributed by atoms with van der Waals surface area (Å²) < 4.78 is 5.65. The number of carbonyl (C=O) groups is 1. The van der Waals surface area contributed by atoms with Gasteiger partial charge in [0.2, 0.25) is 5.91 Å². The number of nitrogens with zero attached hydrogens (tertiary/aromatic N) is 2. The van der Waals surface area contributed by atoms with Crippen molar-refractivity contribution in [3.8, 4) is 16.9 Å². The van der Waals surface area contributed by atoms with Gasteiger partial charge in [-0.1, -0.05) is 13.0 Å². The first kappa shape index (κ1) is 14.6. The third-order valence-corrected chi connectivity index (χ3v) is 3.94. The largest absolute Gasteiger partial charge is 0.492 e. The normalized spacial score (nSPS) is 13.9. The number of carbonyl (C=O) groups excluding carboxylic acids is 1. The van der Waals surface area contributed by atoms with Crippen molar-refractivity contribution in [2.75, 3.05) is 18.6 Å². The van der Waals surface area contributed by atoms with E-state index in [9.17, 15) is 4.79 Å². The molecule has 2 heterocycles. The molecule has 4 heteroatoms. The summed E-state index contributed by atoms with van der Waals surface area (Å²) in [7, 11) is 1.83. The third kappa shape index (κ3) is 2.82. The molecule has 114 valence electrons. The molecule has 1 amide bonds. The number of ether oxygens (including phenoxy) is 1. The molecule has 1 aromatic carbocycles. The van der Waals surface area contributed by atoms with Crippen molar-refractivity contribution in [2.24, 2.45) is 0 Å². The molecule has 0 aliphatic carbocycles. The predicted molar refractivity (Wildman–Crippen MR) is 87.2 cm³/mol. The molecule has 1 aliphatic rings. The van der Waals surface area contributed by atoms with Gasteiger partial charge in [-0.3, -0.25) is 9.78 Å². The molecule has 0 spiro atoms. The molecule has 22 heavy (non-hydrogen) atoms. The summed E-state index contributed by atoms with van der Waals surface area (Å²) in [5.41, 5.74) is 4.36. The van der Waals surface area contributed by atoms with Gasteiger partial charge in [0, 0.05) is 30.9 Å². The Labute approximate surface area is 130 Å². The van der Waals surface area contributed by atoms with Crippen LogP contribution in [0.3, 0.4) is 0 Å². The van der Waals surface area contributed by atoms with Crippen LogP contribution >= 0.6 is 0 Å². The van der Waals surface area contributed by atoms with Gasteiger partial charge in [0.1, 0.15) is 5.75 Å². The summed E-state index contributed by atoms with van der Waals surface area (Å²) in [5.74, 6) is 0.973. The van der Waals surface area contributed by atoms with E-state index in [1.807, 2.05) is 31.4 Å². The first-order valence-corrected chi connectivity index (χ1v) is 7.66. The van der Waals surface area contributed by atoms with Gasteiger partial charge >= 0.3 is 0 Å². The van der Waals surface area contributed by atoms with Crippen molar-refractivity contribution in [3.63, 3.8) is 0 Å². The Kier molecular flexibility index (Phi) is 4.09. The third-order valence-electron chi connectivity index (χ3n) is 3.94. The minimum Gasteiger partial charge on any atom is -0.492 e. The number of aryl methyl sites for hydroxylation is 1. The Balaban J connectivity index is 1.91. The van der Waals surface area contributed by atoms with Crippen LogP contribution < -0.4 is 9.64 Å². The van der Waals surface area contributed by atoms with Gasteiger partial charge in [-0.05, 0) is 42.2 Å². The van der Waals surface area contributed by atoms with Crippen molar-refractivity contribution >= 4 is 11.6 Å². The standard InChI is InChI=1S/C18H20N2O2/c1-3-8-22-16-10-15(11-19-12-16)13-4-6-17-14(9-13)5-7-18(21)20(17)2/h4,6,9-12H,3,5,7-8H2,1-2H3. The highest BCUT2D eigenvalue weighted by Gasteiger charge is 2.20. The zero-order chi connectivity index (χ0) is 15.5. The molecule has 1 aliphatic heterocycles. The number of aromatic nitrogens is 1. The minimum absolute atomic E-state index is 0.178. The Morgan fingerprint density at radius 2 is 2.05 bits per heavy atom. The van der Waals surface area contributed by atoms with E-state index in [1.165, 1.54) is 5.56 Å². The van der Waals surface area contributed by atoms with Gasteiger partial charge in [0.25, 0.3) is 0 Å². The van der Waals surface area contributed by atoms with Crippen LogP contribution in [0.25, 0.3) is 11.1 Å². The Bertz CT molecular complexity index is 697. The van der Waals surface area contributed by atoms with E-state index in [2.05, 4.69) is 18.0 Å². The second-order valence-electron chi connectivity index (χ2n) is 5.55. The lowest BCUT2D eigenvalue weighted by molar-refractivity contribution is -0.118. The molecule has 0 unspecified atom stereocenters. The van der Waals surface area contributed by atoms with E-state index in [-0.39, 0.29) is 5.91 Å². The van der Waals surface area contributed by atoms with Gasteiger partial charge in [-0.25, -0.2) is 0 Å². The quantitative estimate of drug-likeness (QED) is 0.868. The molecule has 0 bridgehead atoms. The van der Waals surface area contributed by atoms with Crippen LogP contribution in [0, 0.1) is 0 Å². The lowest BCUT2D eigenvalue weighted by atomic mass is 9.97. The van der Waals surface area contributed by atoms with Crippen molar-refractivity contribution in [3.05, 3.63) is 42.2 Å². The summed E-state index contributed by atoms with van der Waals surface area (Å²) in [6, 6.07) is 8.22. The monoisotopic (exact) mass is 296 g/mol. The van der Waals surface area contributed by atoms with Crippen molar-refractivity contribution in [1.82, 2.24) is 4.98 Å². The summed E-state index contributed by atoms with van der Waals surface area (Å²) >= 11 is 0. The maximum atomic E-state index is 11.8. The number of pyridine rings is 1. The fourth-order valence-electron chi connectivity index (χ4n) is 2.71. The second kappa shape index (κ2) is 6.18. The van der Waals surface area contributed by atoms with Crippen LogP contribution in [0.2, 0.25) is 0 Å². The number of amides is 1. The Morgan fingerprint density at radius 3 is 2.86 bits per heavy atom. The molecule has 0 atom stereocenters. The van der Waals surface area contributed by atoms with Crippen molar-refractivity contribution < 1.29 is 9.53 Å². The van der Waals surface area contributed by atoms with Crippen LogP contribution in [0.4, 0.5) is 5.69 Å². The number of anilines is 1. The van der Waals surface area contributed by atoms with Gasteiger partial charge in [0.05, 0.1) is 12.8 Å². The lowest BCUT2D eigenvalue weighted by Gasteiger charge is -2.26. The predicted octanol–water partition coefficient (Wildman–Crippen LogP) is 3.45. The molecule has 1 aromatic heterocycles. The van der Waals surface area contributed by atoms with Gasteiger partial charge in [-0.2, -0.15) is 0 Å². The van der Waals surface area contributed by atoms with Crippen LogP contribution in [0.5, 0.6) is 5.75 Å². The molecule has 0 saturated heterocycles. The second-order valence-corrected chi connectivity index (χ2v) is 5.55. The fourth-order valence-corrected chi connectivity index (χ4v) is 2.71. The molecule has 4 nitrogen and oxygen atoms in total. The Morgan fingerprint density at radius 1 is 1.18 bits per heavy atom. The summed E-state index contributed by atoms with van der Waals surface area (Å²) in [5, 5.41) is 0. The van der Waals surface area contributed by atoms with Gasteiger partial charge in [-0.15, -0.1) is 0 Å². The number of fused-ring (bicyclic) bond motifs is 1.